The molecule has 0 spiro atoms. The minimum atomic E-state index is -1.08. The molecule has 0 bridgehead atoms. The van der Waals surface area contributed by atoms with Crippen LogP contribution in [0.4, 0.5) is 0 Å². The number of carboxylic acids is 1. The number of amides is 2. The summed E-state index contributed by atoms with van der Waals surface area (Å²) >= 11 is 3.28. The molecular weight excluding hydrogens is 440 g/mol. The average molecular weight is 473 g/mol. The molecule has 0 saturated carbocycles. The SMILES string of the molecule is CC(O)[C@@H]1C(=O)N2C(C(=O)O)=C(S[C@@H]3CN[C@H](CSCCC(=O)NCCN)C3)[C@H](C)[C@H]12. The number of aliphatic hydroxyl groups excluding tert-OH is 1. The lowest BCUT2D eigenvalue weighted by molar-refractivity contribution is -0.163. The molecule has 2 amide bonds. The van der Waals surface area contributed by atoms with Gasteiger partial charge in [0.25, 0.3) is 0 Å². The number of nitrogens with one attached hydrogen (secondary N) is 2. The molecule has 0 aromatic rings. The fraction of sp³-hybridized carbons (Fsp3) is 0.750. The maximum absolute atomic E-state index is 12.4. The van der Waals surface area contributed by atoms with Crippen molar-refractivity contribution in [2.75, 3.05) is 31.1 Å². The standard InChI is InChI=1S/C20H32N4O5S2/c1-10-16-15(11(2)25)19(27)24(16)17(20(28)29)18(10)31-13-7-12(23-8-13)9-30-6-3-14(26)22-5-4-21/h10-13,15-16,23,25H,3-9,21H2,1-2H3,(H,22,26)(H,28,29)/t10-,11?,12+,13+,15+,16-/m1/s1. The highest BCUT2D eigenvalue weighted by Gasteiger charge is 2.60. The van der Waals surface area contributed by atoms with Crippen LogP contribution in [0.15, 0.2) is 10.6 Å². The first kappa shape index (κ1) is 24.4. The van der Waals surface area contributed by atoms with Gasteiger partial charge in [0.1, 0.15) is 5.70 Å². The smallest absolute Gasteiger partial charge is 0.353 e. The second-order valence-electron chi connectivity index (χ2n) is 8.32. The normalized spacial score (nSPS) is 30.9. The fourth-order valence-corrected chi connectivity index (χ4v) is 7.10. The molecule has 3 aliphatic heterocycles. The van der Waals surface area contributed by atoms with Crippen molar-refractivity contribution in [3.8, 4) is 0 Å². The van der Waals surface area contributed by atoms with E-state index in [0.717, 1.165) is 29.4 Å². The number of hydrogen-bond acceptors (Lipinski definition) is 8. The monoisotopic (exact) mass is 472 g/mol. The maximum Gasteiger partial charge on any atom is 0.353 e. The highest BCUT2D eigenvalue weighted by atomic mass is 32.2. The summed E-state index contributed by atoms with van der Waals surface area (Å²) in [6.45, 7) is 5.25. The number of hydrogen-bond donors (Lipinski definition) is 5. The summed E-state index contributed by atoms with van der Waals surface area (Å²) in [4.78, 5) is 38.1. The summed E-state index contributed by atoms with van der Waals surface area (Å²) in [6, 6.07) is 0.0382. The summed E-state index contributed by atoms with van der Waals surface area (Å²) in [5.74, 6) is -0.363. The van der Waals surface area contributed by atoms with Gasteiger partial charge in [-0.05, 0) is 13.3 Å². The molecule has 3 rings (SSSR count). The minimum Gasteiger partial charge on any atom is -0.477 e. The van der Waals surface area contributed by atoms with Crippen LogP contribution < -0.4 is 16.4 Å². The number of fused-ring (bicyclic) bond motifs is 1. The first-order chi connectivity index (χ1) is 14.8. The van der Waals surface area contributed by atoms with E-state index in [4.69, 9.17) is 5.73 Å². The van der Waals surface area contributed by atoms with E-state index in [1.165, 1.54) is 4.90 Å². The van der Waals surface area contributed by atoms with E-state index in [0.29, 0.717) is 25.6 Å². The molecule has 31 heavy (non-hydrogen) atoms. The van der Waals surface area contributed by atoms with Crippen molar-refractivity contribution in [3.05, 3.63) is 10.6 Å². The van der Waals surface area contributed by atoms with Crippen molar-refractivity contribution in [1.82, 2.24) is 15.5 Å². The summed E-state index contributed by atoms with van der Waals surface area (Å²) in [5, 5.41) is 26.2. The van der Waals surface area contributed by atoms with Gasteiger partial charge in [0.05, 0.1) is 18.1 Å². The van der Waals surface area contributed by atoms with Crippen LogP contribution in [0.1, 0.15) is 26.7 Å². The number of β-lactam (4-membered cyclic amide) rings is 1. The molecule has 2 saturated heterocycles. The fourth-order valence-electron chi connectivity index (χ4n) is 4.55. The Morgan fingerprint density at radius 1 is 1.42 bits per heavy atom. The quantitative estimate of drug-likeness (QED) is 0.204. The van der Waals surface area contributed by atoms with E-state index in [1.807, 2.05) is 6.92 Å². The Balaban J connectivity index is 1.51. The molecule has 0 aliphatic carbocycles. The predicted molar refractivity (Wildman–Crippen MR) is 121 cm³/mol. The lowest BCUT2D eigenvalue weighted by atomic mass is 9.79. The van der Waals surface area contributed by atoms with Crippen LogP contribution in [0.5, 0.6) is 0 Å². The molecule has 3 aliphatic rings. The third-order valence-corrected chi connectivity index (χ3v) is 8.69. The molecule has 0 aromatic carbocycles. The Morgan fingerprint density at radius 2 is 2.16 bits per heavy atom. The average Bonchev–Trinajstić information content (AvgIpc) is 3.25. The molecule has 6 atom stereocenters. The Labute approximate surface area is 190 Å². The Hall–Kier alpha value is -1.27. The summed E-state index contributed by atoms with van der Waals surface area (Å²) in [6.07, 6.45) is 0.582. The van der Waals surface area contributed by atoms with E-state index in [9.17, 15) is 24.6 Å². The Bertz CT molecular complexity index is 747. The molecule has 174 valence electrons. The van der Waals surface area contributed by atoms with Crippen LogP contribution in [0, 0.1) is 11.8 Å². The lowest BCUT2D eigenvalue weighted by Crippen LogP contribution is -2.63. The summed E-state index contributed by atoms with van der Waals surface area (Å²) in [5.41, 5.74) is 5.46. The van der Waals surface area contributed by atoms with Crippen molar-refractivity contribution in [2.45, 2.75) is 50.1 Å². The van der Waals surface area contributed by atoms with Crippen molar-refractivity contribution in [2.24, 2.45) is 17.6 Å². The molecule has 0 radical (unpaired) electrons. The Kier molecular flexibility index (Phi) is 8.31. The van der Waals surface area contributed by atoms with Crippen LogP contribution in [0.3, 0.4) is 0 Å². The number of thioether (sulfide) groups is 2. The molecule has 9 nitrogen and oxygen atoms in total. The van der Waals surface area contributed by atoms with Crippen molar-refractivity contribution < 1.29 is 24.6 Å². The lowest BCUT2D eigenvalue weighted by Gasteiger charge is -2.46. The van der Waals surface area contributed by atoms with Gasteiger partial charge >= 0.3 is 5.97 Å². The second kappa shape index (κ2) is 10.6. The van der Waals surface area contributed by atoms with Gasteiger partial charge in [-0.1, -0.05) is 6.92 Å². The Morgan fingerprint density at radius 3 is 2.81 bits per heavy atom. The third kappa shape index (κ3) is 5.22. The van der Waals surface area contributed by atoms with Crippen LogP contribution in [0.2, 0.25) is 0 Å². The van der Waals surface area contributed by atoms with Crippen molar-refractivity contribution in [3.63, 3.8) is 0 Å². The van der Waals surface area contributed by atoms with Gasteiger partial charge < -0.3 is 31.5 Å². The van der Waals surface area contributed by atoms with Crippen LogP contribution in [-0.2, 0) is 14.4 Å². The van der Waals surface area contributed by atoms with E-state index in [-0.39, 0.29) is 34.7 Å². The third-order valence-electron chi connectivity index (χ3n) is 6.05. The van der Waals surface area contributed by atoms with Gasteiger partial charge in [0.2, 0.25) is 11.8 Å². The number of carbonyl (C=O) groups is 3. The number of nitrogens with two attached hydrogens (primary N) is 1. The number of aliphatic hydroxyl groups is 1. The zero-order valence-electron chi connectivity index (χ0n) is 17.9. The highest BCUT2D eigenvalue weighted by molar-refractivity contribution is 8.03. The summed E-state index contributed by atoms with van der Waals surface area (Å²) in [7, 11) is 0. The molecule has 3 heterocycles. The number of carboxylic acid groups (broad SMARTS) is 1. The van der Waals surface area contributed by atoms with Gasteiger partial charge in [-0.3, -0.25) is 9.59 Å². The van der Waals surface area contributed by atoms with E-state index < -0.39 is 18.0 Å². The van der Waals surface area contributed by atoms with Crippen molar-refractivity contribution in [1.29, 1.82) is 0 Å². The van der Waals surface area contributed by atoms with Crippen LogP contribution in [-0.4, -0.2) is 87.5 Å². The molecule has 11 heteroatoms. The minimum absolute atomic E-state index is 0.0174. The zero-order valence-corrected chi connectivity index (χ0v) is 19.5. The zero-order chi connectivity index (χ0) is 22.7. The number of carbonyl (C=O) groups excluding carboxylic acids is 2. The number of aliphatic carboxylic acids is 1. The van der Waals surface area contributed by atoms with Crippen LogP contribution >= 0.6 is 23.5 Å². The largest absolute Gasteiger partial charge is 0.477 e. The molecular formula is C20H32N4O5S2. The number of nitrogens with zero attached hydrogens (tertiary/aromatic N) is 1. The maximum atomic E-state index is 12.4. The number of rotatable bonds is 11. The van der Waals surface area contributed by atoms with Gasteiger partial charge in [0.15, 0.2) is 0 Å². The molecule has 1 unspecified atom stereocenters. The van der Waals surface area contributed by atoms with Gasteiger partial charge in [0, 0.05) is 59.7 Å². The molecule has 6 N–H and O–H groups in total. The first-order valence-electron chi connectivity index (χ1n) is 10.7. The molecule has 2 fully saturated rings. The van der Waals surface area contributed by atoms with Crippen molar-refractivity contribution >= 4 is 41.3 Å². The van der Waals surface area contributed by atoms with Gasteiger partial charge in [-0.2, -0.15) is 11.8 Å². The summed E-state index contributed by atoms with van der Waals surface area (Å²) < 4.78 is 0. The highest BCUT2D eigenvalue weighted by Crippen LogP contribution is 2.51. The first-order valence-corrected chi connectivity index (χ1v) is 12.7. The van der Waals surface area contributed by atoms with Gasteiger partial charge in [-0.25, -0.2) is 4.79 Å². The molecule has 0 aromatic heterocycles. The topological polar surface area (TPSA) is 145 Å². The van der Waals surface area contributed by atoms with Gasteiger partial charge in [-0.15, -0.1) is 11.8 Å². The predicted octanol–water partition coefficient (Wildman–Crippen LogP) is -0.198. The van der Waals surface area contributed by atoms with E-state index in [1.54, 1.807) is 30.4 Å². The van der Waals surface area contributed by atoms with Crippen LogP contribution in [0.25, 0.3) is 0 Å². The second-order valence-corrected chi connectivity index (χ2v) is 10.8. The van der Waals surface area contributed by atoms with E-state index >= 15 is 0 Å². The van der Waals surface area contributed by atoms with E-state index in [2.05, 4.69) is 10.6 Å².